The number of rotatable bonds is 2. The second-order valence-corrected chi connectivity index (χ2v) is 6.07. The summed E-state index contributed by atoms with van der Waals surface area (Å²) in [6.45, 7) is 1.14. The Hall–Kier alpha value is -0.930. The van der Waals surface area contributed by atoms with Crippen LogP contribution < -0.4 is 5.32 Å². The molecule has 1 saturated heterocycles. The van der Waals surface area contributed by atoms with Gasteiger partial charge in [0.1, 0.15) is 6.54 Å². The maximum absolute atomic E-state index is 6.13. The van der Waals surface area contributed by atoms with Gasteiger partial charge in [-0.05, 0) is 24.4 Å². The summed E-state index contributed by atoms with van der Waals surface area (Å²) in [5, 5.41) is 5.40. The molecule has 0 spiro atoms. The highest BCUT2D eigenvalue weighted by molar-refractivity contribution is 8.14. The van der Waals surface area contributed by atoms with Crippen molar-refractivity contribution in [2.45, 2.75) is 0 Å². The largest absolute Gasteiger partial charge is 0.331 e. The van der Waals surface area contributed by atoms with Crippen LogP contribution in [-0.2, 0) is 0 Å². The van der Waals surface area contributed by atoms with Crippen molar-refractivity contribution >= 4 is 63.1 Å². The van der Waals surface area contributed by atoms with Gasteiger partial charge in [0.05, 0.1) is 15.7 Å². The quantitative estimate of drug-likeness (QED) is 0.654. The molecule has 2 rings (SSSR count). The van der Waals surface area contributed by atoms with Gasteiger partial charge in [0.25, 0.3) is 0 Å². The minimum absolute atomic E-state index is 0.347. The maximum Gasteiger partial charge on any atom is 0.179 e. The number of terminal acetylenes is 1. The Morgan fingerprint density at radius 3 is 3.10 bits per heavy atom. The summed E-state index contributed by atoms with van der Waals surface area (Å²) in [4.78, 5) is 6.22. The Kier molecular flexibility index (Phi) is 5.55. The monoisotopic (exact) mass is 343 g/mol. The molecule has 1 aromatic carbocycles. The second kappa shape index (κ2) is 7.19. The predicted molar refractivity (Wildman–Crippen MR) is 93.0 cm³/mol. The molecule has 0 aliphatic carbocycles. The van der Waals surface area contributed by atoms with Gasteiger partial charge in [0, 0.05) is 12.3 Å². The molecule has 1 aromatic rings. The van der Waals surface area contributed by atoms with Crippen molar-refractivity contribution in [2.24, 2.45) is 4.99 Å². The normalized spacial score (nSPS) is 16.2. The molecule has 0 bridgehead atoms. The zero-order valence-electron chi connectivity index (χ0n) is 10.4. The SMILES string of the molecule is C#CCN=C1SCCN1C(=S)Nc1cccc(Cl)c1Cl. The van der Waals surface area contributed by atoms with Crippen molar-refractivity contribution in [1.29, 1.82) is 0 Å². The maximum atomic E-state index is 6.13. The minimum atomic E-state index is 0.347. The molecule has 0 saturated carbocycles. The van der Waals surface area contributed by atoms with Crippen molar-refractivity contribution in [3.63, 3.8) is 0 Å². The molecule has 1 N–H and O–H groups in total. The Labute approximate surface area is 137 Å². The van der Waals surface area contributed by atoms with E-state index >= 15 is 0 Å². The molecule has 1 aliphatic heterocycles. The lowest BCUT2D eigenvalue weighted by Crippen LogP contribution is -2.35. The summed E-state index contributed by atoms with van der Waals surface area (Å²) in [5.74, 6) is 3.42. The Bertz CT molecular complexity index is 596. The number of hydrogen-bond donors (Lipinski definition) is 1. The highest BCUT2D eigenvalue weighted by atomic mass is 35.5. The van der Waals surface area contributed by atoms with Crippen LogP contribution in [0.25, 0.3) is 0 Å². The topological polar surface area (TPSA) is 27.6 Å². The van der Waals surface area contributed by atoms with Crippen LogP contribution in [0.2, 0.25) is 10.0 Å². The van der Waals surface area contributed by atoms with Gasteiger partial charge < -0.3 is 5.32 Å². The zero-order valence-corrected chi connectivity index (χ0v) is 13.5. The fraction of sp³-hybridized carbons (Fsp3) is 0.231. The smallest absolute Gasteiger partial charge is 0.179 e. The van der Waals surface area contributed by atoms with Crippen LogP contribution in [-0.4, -0.2) is 34.0 Å². The highest BCUT2D eigenvalue weighted by Crippen LogP contribution is 2.30. The Morgan fingerprint density at radius 1 is 1.55 bits per heavy atom. The molecule has 20 heavy (non-hydrogen) atoms. The van der Waals surface area contributed by atoms with Gasteiger partial charge in [0.15, 0.2) is 10.3 Å². The number of anilines is 1. The van der Waals surface area contributed by atoms with Crippen molar-refractivity contribution in [3.05, 3.63) is 28.2 Å². The number of nitrogens with zero attached hydrogens (tertiary/aromatic N) is 2. The van der Waals surface area contributed by atoms with E-state index in [4.69, 9.17) is 41.8 Å². The van der Waals surface area contributed by atoms with E-state index in [9.17, 15) is 0 Å². The van der Waals surface area contributed by atoms with E-state index in [1.54, 1.807) is 17.8 Å². The van der Waals surface area contributed by atoms with Crippen LogP contribution in [0.15, 0.2) is 23.2 Å². The molecule has 1 fully saturated rings. The van der Waals surface area contributed by atoms with Gasteiger partial charge >= 0.3 is 0 Å². The average molecular weight is 344 g/mol. The average Bonchev–Trinajstić information content (AvgIpc) is 2.90. The van der Waals surface area contributed by atoms with Gasteiger partial charge in [-0.25, -0.2) is 4.99 Å². The van der Waals surface area contributed by atoms with E-state index in [1.807, 2.05) is 17.0 Å². The van der Waals surface area contributed by atoms with Crippen LogP contribution in [0.1, 0.15) is 0 Å². The van der Waals surface area contributed by atoms with E-state index in [-0.39, 0.29) is 0 Å². The summed E-state index contributed by atoms with van der Waals surface area (Å²) < 4.78 is 0. The van der Waals surface area contributed by atoms with E-state index in [0.29, 0.717) is 27.4 Å². The first-order valence-electron chi connectivity index (χ1n) is 5.76. The van der Waals surface area contributed by atoms with Crippen LogP contribution in [0.4, 0.5) is 5.69 Å². The highest BCUT2D eigenvalue weighted by Gasteiger charge is 2.23. The third-order valence-electron chi connectivity index (χ3n) is 2.52. The molecule has 0 atom stereocenters. The number of halogens is 2. The van der Waals surface area contributed by atoms with E-state index < -0.39 is 0 Å². The van der Waals surface area contributed by atoms with Gasteiger partial charge in [-0.1, -0.05) is 47.0 Å². The molecule has 104 valence electrons. The van der Waals surface area contributed by atoms with Crippen molar-refractivity contribution < 1.29 is 0 Å². The lowest BCUT2D eigenvalue weighted by atomic mass is 10.3. The fourth-order valence-corrected chi connectivity index (χ4v) is 3.26. The number of nitrogens with one attached hydrogen (secondary N) is 1. The van der Waals surface area contributed by atoms with Crippen molar-refractivity contribution in [3.8, 4) is 12.3 Å². The minimum Gasteiger partial charge on any atom is -0.331 e. The summed E-state index contributed by atoms with van der Waals surface area (Å²) in [7, 11) is 0. The van der Waals surface area contributed by atoms with Crippen LogP contribution in [0.3, 0.4) is 0 Å². The number of aliphatic imine (C=N–C) groups is 1. The van der Waals surface area contributed by atoms with Gasteiger partial charge in [0.2, 0.25) is 0 Å². The molecular weight excluding hydrogens is 333 g/mol. The lowest BCUT2D eigenvalue weighted by Gasteiger charge is -2.20. The number of benzene rings is 1. The molecule has 0 aromatic heterocycles. The van der Waals surface area contributed by atoms with E-state index in [0.717, 1.165) is 17.5 Å². The van der Waals surface area contributed by atoms with Crippen LogP contribution >= 0.6 is 47.2 Å². The summed E-state index contributed by atoms with van der Waals surface area (Å²) in [6.07, 6.45) is 5.22. The van der Waals surface area contributed by atoms with Crippen LogP contribution in [0.5, 0.6) is 0 Å². The lowest BCUT2D eigenvalue weighted by molar-refractivity contribution is 0.685. The molecule has 0 amide bonds. The second-order valence-electron chi connectivity index (χ2n) is 3.83. The van der Waals surface area contributed by atoms with Gasteiger partial charge in [-0.3, -0.25) is 4.90 Å². The third-order valence-corrected chi connectivity index (χ3v) is 4.66. The first-order chi connectivity index (χ1) is 9.63. The Balaban J connectivity index is 2.12. The first-order valence-corrected chi connectivity index (χ1v) is 7.91. The molecule has 3 nitrogen and oxygen atoms in total. The molecule has 0 radical (unpaired) electrons. The van der Waals surface area contributed by atoms with E-state index in [1.165, 1.54) is 0 Å². The summed E-state index contributed by atoms with van der Waals surface area (Å²) in [6, 6.07) is 5.36. The third kappa shape index (κ3) is 3.58. The predicted octanol–water partition coefficient (Wildman–Crippen LogP) is 3.73. The van der Waals surface area contributed by atoms with Gasteiger partial charge in [-0.2, -0.15) is 0 Å². The standard InChI is InChI=1S/C13H11Cl2N3S2/c1-2-6-16-13-18(7-8-20-13)12(19)17-10-5-3-4-9(14)11(10)15/h1,3-5H,6-8H2,(H,17,19). The van der Waals surface area contributed by atoms with Crippen LogP contribution in [0, 0.1) is 12.3 Å². The molecular formula is C13H11Cl2N3S2. The molecule has 1 aliphatic rings. The van der Waals surface area contributed by atoms with E-state index in [2.05, 4.69) is 16.2 Å². The molecule has 0 unspecified atom stereocenters. The number of thioether (sulfide) groups is 1. The number of thiocarbonyl (C=S) groups is 1. The fourth-order valence-electron chi connectivity index (χ4n) is 1.62. The van der Waals surface area contributed by atoms with Crippen molar-refractivity contribution in [2.75, 3.05) is 24.2 Å². The number of hydrogen-bond acceptors (Lipinski definition) is 3. The number of amidine groups is 1. The zero-order chi connectivity index (χ0) is 14.5. The molecule has 7 heteroatoms. The molecule has 1 heterocycles. The van der Waals surface area contributed by atoms with Crippen molar-refractivity contribution in [1.82, 2.24) is 4.90 Å². The Morgan fingerprint density at radius 2 is 2.35 bits per heavy atom. The summed E-state index contributed by atoms with van der Waals surface area (Å²) >= 11 is 19.1. The summed E-state index contributed by atoms with van der Waals surface area (Å²) in [5.41, 5.74) is 0.678. The first kappa shape index (κ1) is 15.5. The van der Waals surface area contributed by atoms with Gasteiger partial charge in [-0.15, -0.1) is 6.42 Å².